The number of rotatable bonds is 3. The van der Waals surface area contributed by atoms with Gasteiger partial charge >= 0.3 is 0 Å². The summed E-state index contributed by atoms with van der Waals surface area (Å²) in [5.74, 6) is 1.03. The van der Waals surface area contributed by atoms with Crippen LogP contribution in [0.15, 0.2) is 36.4 Å². The molecular formula is C15H11ClFIN2O. The molecule has 0 radical (unpaired) electrons. The molecule has 3 aromatic rings. The number of benzene rings is 2. The highest BCUT2D eigenvalue weighted by molar-refractivity contribution is 14.1. The lowest BCUT2D eigenvalue weighted by atomic mass is 10.2. The highest BCUT2D eigenvalue weighted by Crippen LogP contribution is 2.28. The number of hydrogen-bond acceptors (Lipinski definition) is 2. The van der Waals surface area contributed by atoms with E-state index in [0.29, 0.717) is 17.3 Å². The number of imidazole rings is 1. The van der Waals surface area contributed by atoms with E-state index in [1.165, 1.54) is 6.07 Å². The summed E-state index contributed by atoms with van der Waals surface area (Å²) in [6.07, 6.45) is 0. The molecule has 6 heteroatoms. The molecule has 1 aromatic heterocycles. The van der Waals surface area contributed by atoms with E-state index in [-0.39, 0.29) is 11.7 Å². The van der Waals surface area contributed by atoms with Crippen molar-refractivity contribution >= 4 is 45.2 Å². The Balaban J connectivity index is 2.33. The molecule has 0 saturated carbocycles. The minimum Gasteiger partial charge on any atom is -0.497 e. The van der Waals surface area contributed by atoms with E-state index in [0.717, 1.165) is 14.6 Å². The van der Waals surface area contributed by atoms with Crippen LogP contribution in [0.4, 0.5) is 4.39 Å². The minimum atomic E-state index is -0.347. The van der Waals surface area contributed by atoms with Gasteiger partial charge in [0.1, 0.15) is 17.4 Å². The predicted molar refractivity (Wildman–Crippen MR) is 89.9 cm³/mol. The summed E-state index contributed by atoms with van der Waals surface area (Å²) in [5, 5.41) is 0. The van der Waals surface area contributed by atoms with E-state index in [4.69, 9.17) is 16.3 Å². The molecule has 0 aliphatic heterocycles. The molecule has 0 saturated heterocycles. The van der Waals surface area contributed by atoms with E-state index in [2.05, 4.69) is 27.6 Å². The minimum absolute atomic E-state index is 0.196. The molecule has 108 valence electrons. The van der Waals surface area contributed by atoms with Crippen LogP contribution >= 0.6 is 34.2 Å². The topological polar surface area (TPSA) is 27.1 Å². The standard InChI is InChI=1S/C15H11ClFIN2O/c1-21-10-3-4-11(17)14(7-10)20-13-5-2-9(18)6-12(13)19-15(20)8-16/h2-7H,8H2,1H3. The Morgan fingerprint density at radius 3 is 2.81 bits per heavy atom. The predicted octanol–water partition coefficient (Wildman–Crippen LogP) is 4.52. The summed E-state index contributed by atoms with van der Waals surface area (Å²) in [5.41, 5.74) is 1.99. The fourth-order valence-corrected chi connectivity index (χ4v) is 2.91. The Morgan fingerprint density at radius 1 is 1.29 bits per heavy atom. The van der Waals surface area contributed by atoms with Gasteiger partial charge < -0.3 is 4.74 Å². The highest BCUT2D eigenvalue weighted by Gasteiger charge is 2.15. The molecule has 2 aromatic carbocycles. The number of nitrogens with zero attached hydrogens (tertiary/aromatic N) is 2. The van der Waals surface area contributed by atoms with Gasteiger partial charge in [0, 0.05) is 9.64 Å². The number of halogens is 3. The molecule has 0 aliphatic carbocycles. The first-order chi connectivity index (χ1) is 10.1. The molecular weight excluding hydrogens is 406 g/mol. The van der Waals surface area contributed by atoms with Crippen LogP contribution in [0.2, 0.25) is 0 Å². The SMILES string of the molecule is COc1ccc(F)c(-n2c(CCl)nc3cc(I)ccc32)c1. The number of ether oxygens (including phenoxy) is 1. The van der Waals surface area contributed by atoms with Gasteiger partial charge in [-0.3, -0.25) is 4.57 Å². The second-order valence-corrected chi connectivity index (χ2v) is 5.96. The van der Waals surface area contributed by atoms with Crippen molar-refractivity contribution in [1.29, 1.82) is 0 Å². The van der Waals surface area contributed by atoms with Gasteiger partial charge in [-0.2, -0.15) is 0 Å². The van der Waals surface area contributed by atoms with Gasteiger partial charge in [0.05, 0.1) is 29.7 Å². The summed E-state index contributed by atoms with van der Waals surface area (Å²) < 4.78 is 22.2. The van der Waals surface area contributed by atoms with Gasteiger partial charge in [-0.1, -0.05) is 0 Å². The normalized spacial score (nSPS) is 11.0. The molecule has 0 fully saturated rings. The van der Waals surface area contributed by atoms with Gasteiger partial charge in [-0.15, -0.1) is 11.6 Å². The van der Waals surface area contributed by atoms with E-state index in [1.807, 2.05) is 18.2 Å². The summed E-state index contributed by atoms with van der Waals surface area (Å²) in [6, 6.07) is 10.4. The average Bonchev–Trinajstić information content (AvgIpc) is 2.85. The van der Waals surface area contributed by atoms with Crippen molar-refractivity contribution < 1.29 is 9.13 Å². The zero-order chi connectivity index (χ0) is 15.0. The first kappa shape index (κ1) is 14.6. The van der Waals surface area contributed by atoms with Crippen molar-refractivity contribution in [3.63, 3.8) is 0 Å². The lowest BCUT2D eigenvalue weighted by Gasteiger charge is -2.10. The molecule has 0 amide bonds. The molecule has 0 spiro atoms. The van der Waals surface area contributed by atoms with Crippen molar-refractivity contribution in [2.24, 2.45) is 0 Å². The summed E-state index contributed by atoms with van der Waals surface area (Å²) >= 11 is 8.20. The molecule has 3 rings (SSSR count). The Hall–Kier alpha value is -1.34. The summed E-state index contributed by atoms with van der Waals surface area (Å²) in [6.45, 7) is 0. The molecule has 0 unspecified atom stereocenters. The largest absolute Gasteiger partial charge is 0.497 e. The van der Waals surface area contributed by atoms with E-state index in [9.17, 15) is 4.39 Å². The molecule has 21 heavy (non-hydrogen) atoms. The molecule has 0 bridgehead atoms. The van der Waals surface area contributed by atoms with Crippen molar-refractivity contribution in [3.05, 3.63) is 51.6 Å². The van der Waals surface area contributed by atoms with Crippen molar-refractivity contribution in [2.45, 2.75) is 5.88 Å². The second-order valence-electron chi connectivity index (χ2n) is 4.45. The van der Waals surface area contributed by atoms with Crippen LogP contribution in [0.1, 0.15) is 5.82 Å². The van der Waals surface area contributed by atoms with Gasteiger partial charge in [-0.25, -0.2) is 9.37 Å². The Kier molecular flexibility index (Phi) is 4.03. The Labute approximate surface area is 139 Å². The fraction of sp³-hybridized carbons (Fsp3) is 0.133. The quantitative estimate of drug-likeness (QED) is 0.464. The van der Waals surface area contributed by atoms with Crippen molar-refractivity contribution in [3.8, 4) is 11.4 Å². The van der Waals surface area contributed by atoms with Crippen LogP contribution in [0.25, 0.3) is 16.7 Å². The molecule has 3 nitrogen and oxygen atoms in total. The zero-order valence-electron chi connectivity index (χ0n) is 11.1. The lowest BCUT2D eigenvalue weighted by molar-refractivity contribution is 0.413. The van der Waals surface area contributed by atoms with Crippen molar-refractivity contribution in [1.82, 2.24) is 9.55 Å². The van der Waals surface area contributed by atoms with E-state index < -0.39 is 0 Å². The molecule has 1 heterocycles. The van der Waals surface area contributed by atoms with Crippen LogP contribution < -0.4 is 4.74 Å². The van der Waals surface area contributed by atoms with Crippen LogP contribution in [0.3, 0.4) is 0 Å². The number of alkyl halides is 1. The van der Waals surface area contributed by atoms with Gasteiger partial charge in [-0.05, 0) is 52.9 Å². The summed E-state index contributed by atoms with van der Waals surface area (Å²) in [7, 11) is 1.55. The van der Waals surface area contributed by atoms with Crippen LogP contribution in [0, 0.1) is 9.39 Å². The molecule has 0 atom stereocenters. The maximum Gasteiger partial charge on any atom is 0.147 e. The number of hydrogen-bond donors (Lipinski definition) is 0. The maximum atomic E-state index is 14.2. The van der Waals surface area contributed by atoms with Crippen molar-refractivity contribution in [2.75, 3.05) is 7.11 Å². The first-order valence-corrected chi connectivity index (χ1v) is 7.82. The third-order valence-electron chi connectivity index (χ3n) is 3.20. The molecule has 0 N–H and O–H groups in total. The van der Waals surface area contributed by atoms with E-state index in [1.54, 1.807) is 23.8 Å². The van der Waals surface area contributed by atoms with E-state index >= 15 is 0 Å². The van der Waals surface area contributed by atoms with Gasteiger partial charge in [0.2, 0.25) is 0 Å². The average molecular weight is 417 g/mol. The van der Waals surface area contributed by atoms with Gasteiger partial charge in [0.25, 0.3) is 0 Å². The van der Waals surface area contributed by atoms with Crippen LogP contribution in [-0.2, 0) is 5.88 Å². The monoisotopic (exact) mass is 416 g/mol. The number of aromatic nitrogens is 2. The van der Waals surface area contributed by atoms with Crippen LogP contribution in [0.5, 0.6) is 5.75 Å². The Bertz CT molecular complexity index is 819. The number of methoxy groups -OCH3 is 1. The third-order valence-corrected chi connectivity index (χ3v) is 4.11. The zero-order valence-corrected chi connectivity index (χ0v) is 14.0. The first-order valence-electron chi connectivity index (χ1n) is 6.21. The number of fused-ring (bicyclic) bond motifs is 1. The van der Waals surface area contributed by atoms with Gasteiger partial charge in [0.15, 0.2) is 0 Å². The Morgan fingerprint density at radius 2 is 2.10 bits per heavy atom. The smallest absolute Gasteiger partial charge is 0.147 e. The van der Waals surface area contributed by atoms with Crippen LogP contribution in [-0.4, -0.2) is 16.7 Å². The highest BCUT2D eigenvalue weighted by atomic mass is 127. The second kappa shape index (κ2) is 5.81. The summed E-state index contributed by atoms with van der Waals surface area (Å²) in [4.78, 5) is 4.48. The third kappa shape index (κ3) is 2.60. The maximum absolute atomic E-state index is 14.2. The lowest BCUT2D eigenvalue weighted by Crippen LogP contribution is -2.02. The molecule has 0 aliphatic rings. The fourth-order valence-electron chi connectivity index (χ4n) is 2.25.